The molecule has 0 amide bonds. The first-order valence-corrected chi connectivity index (χ1v) is 19.6. The van der Waals surface area contributed by atoms with Crippen LogP contribution in [0, 0.1) is 0 Å². The number of fused-ring (bicyclic) bond motifs is 9. The molecule has 0 aliphatic carbocycles. The molecule has 0 fully saturated rings. The Hall–Kier alpha value is -6.80. The fourth-order valence-corrected chi connectivity index (χ4v) is 7.47. The van der Waals surface area contributed by atoms with Gasteiger partial charge in [-0.05, 0) is 36.4 Å². The Morgan fingerprint density at radius 1 is 0.232 bits per heavy atom. The molecule has 274 valence electrons. The van der Waals surface area contributed by atoms with Crippen LogP contribution in [0.5, 0.6) is 0 Å². The topological polar surface area (TPSA) is 31.0 Å². The van der Waals surface area contributed by atoms with Gasteiger partial charge in [0.25, 0.3) is 34.2 Å². The predicted octanol–water partition coefficient (Wildman–Crippen LogP) is 3.79. The van der Waals surface area contributed by atoms with Crippen LogP contribution in [-0.4, -0.2) is 0 Å². The molecule has 8 aromatic rings. The summed E-state index contributed by atoms with van der Waals surface area (Å²) in [5, 5.41) is 0. The van der Waals surface area contributed by atoms with Crippen molar-refractivity contribution in [3.8, 4) is 34.2 Å². The number of pyridine rings is 8. The van der Waals surface area contributed by atoms with Crippen molar-refractivity contribution in [3.63, 3.8) is 0 Å². The Morgan fingerprint density at radius 3 is 0.643 bits per heavy atom. The molecular formula is C48H50N8+8. The normalized spacial score (nSPS) is 12.4. The first-order chi connectivity index (χ1) is 27.8. The molecule has 0 N–H and O–H groups in total. The van der Waals surface area contributed by atoms with E-state index in [2.05, 4.69) is 232 Å². The minimum Gasteiger partial charge on any atom is -0.198 e. The number of hydrogen-bond donors (Lipinski definition) is 0. The van der Waals surface area contributed by atoms with Gasteiger partial charge in [-0.25, -0.2) is 0 Å². The fourth-order valence-electron chi connectivity index (χ4n) is 7.47. The summed E-state index contributed by atoms with van der Waals surface area (Å²) in [5.74, 6) is 0. The van der Waals surface area contributed by atoms with Crippen molar-refractivity contribution in [3.05, 3.63) is 208 Å². The number of aromatic nitrogens is 8. The van der Waals surface area contributed by atoms with Crippen LogP contribution in [0.2, 0.25) is 0 Å². The van der Waals surface area contributed by atoms with Crippen LogP contribution in [0.3, 0.4) is 0 Å². The molecule has 0 bridgehead atoms. The first-order valence-electron chi connectivity index (χ1n) is 19.6. The summed E-state index contributed by atoms with van der Waals surface area (Å²) in [4.78, 5) is 0. The maximum Gasteiger partial charge on any atom is 0.277 e. The van der Waals surface area contributed by atoms with Crippen LogP contribution in [0.1, 0.15) is 0 Å². The molecular weight excluding hydrogens is 689 g/mol. The van der Waals surface area contributed by atoms with Crippen molar-refractivity contribution in [2.24, 2.45) is 0 Å². The van der Waals surface area contributed by atoms with E-state index in [9.17, 15) is 0 Å². The van der Waals surface area contributed by atoms with Gasteiger partial charge >= 0.3 is 0 Å². The molecule has 0 saturated carbocycles. The lowest BCUT2D eigenvalue weighted by molar-refractivity contribution is -0.794. The van der Waals surface area contributed by atoms with Crippen LogP contribution in [-0.2, 0) is 52.4 Å². The molecule has 8 nitrogen and oxygen atoms in total. The molecule has 0 atom stereocenters. The third kappa shape index (κ3) is 8.77. The second-order valence-electron chi connectivity index (χ2n) is 13.9. The minimum atomic E-state index is 1.01. The minimum absolute atomic E-state index is 1.01. The van der Waals surface area contributed by atoms with Crippen molar-refractivity contribution in [1.29, 1.82) is 0 Å². The number of hydrogen-bond acceptors (Lipinski definition) is 0. The van der Waals surface area contributed by atoms with Crippen LogP contribution >= 0.6 is 0 Å². The van der Waals surface area contributed by atoms with Gasteiger partial charge in [0.1, 0.15) is 0 Å². The van der Waals surface area contributed by atoms with Crippen molar-refractivity contribution in [1.82, 2.24) is 0 Å². The van der Waals surface area contributed by atoms with Crippen LogP contribution in [0.25, 0.3) is 34.2 Å². The van der Waals surface area contributed by atoms with E-state index in [0.717, 1.165) is 52.4 Å². The van der Waals surface area contributed by atoms with E-state index in [1.807, 2.05) is 12.1 Å². The van der Waals surface area contributed by atoms with E-state index in [1.165, 1.54) is 34.2 Å². The van der Waals surface area contributed by atoms with E-state index in [0.29, 0.717) is 0 Å². The largest absolute Gasteiger partial charge is 0.277 e. The molecule has 0 aromatic carbocycles. The lowest BCUT2D eigenvalue weighted by atomic mass is 10.2. The first kappa shape index (κ1) is 36.2. The number of rotatable bonds is 3. The quantitative estimate of drug-likeness (QED) is 0.248. The highest BCUT2D eigenvalue weighted by molar-refractivity contribution is 5.47. The van der Waals surface area contributed by atoms with Crippen LogP contribution in [0.4, 0.5) is 0 Å². The lowest BCUT2D eigenvalue weighted by Gasteiger charge is -2.08. The summed E-state index contributed by atoms with van der Waals surface area (Å²) in [6.07, 6.45) is 21.2. The molecule has 0 unspecified atom stereocenters. The summed E-state index contributed by atoms with van der Waals surface area (Å²) in [5.41, 5.74) is 7.83. The van der Waals surface area contributed by atoms with E-state index < -0.39 is 0 Å². The molecule has 8 aromatic heterocycles. The highest BCUT2D eigenvalue weighted by atomic mass is 15.1. The van der Waals surface area contributed by atoms with Gasteiger partial charge in [-0.1, -0.05) is 12.1 Å². The maximum atomic E-state index is 2.30. The molecule has 3 aliphatic heterocycles. The van der Waals surface area contributed by atoms with Gasteiger partial charge in [0.15, 0.2) is 62.0 Å². The van der Waals surface area contributed by atoms with Crippen molar-refractivity contribution in [2.75, 3.05) is 0 Å². The van der Waals surface area contributed by atoms with Gasteiger partial charge in [-0.3, -0.25) is 0 Å². The highest BCUT2D eigenvalue weighted by Crippen LogP contribution is 2.14. The highest BCUT2D eigenvalue weighted by Gasteiger charge is 2.29. The molecule has 0 saturated heterocycles. The average molecular weight is 739 g/mol. The molecule has 0 spiro atoms. The van der Waals surface area contributed by atoms with E-state index >= 15 is 0 Å². The molecule has 8 heteroatoms. The zero-order chi connectivity index (χ0) is 37.8. The molecule has 56 heavy (non-hydrogen) atoms. The maximum absolute atomic E-state index is 2.30. The van der Waals surface area contributed by atoms with Gasteiger partial charge in [0.2, 0.25) is 52.4 Å². The SMILES string of the molecule is c1cc[n+](CC[n+]2ccccc2)cc1.c1cc[n+]2c(c1)-c1cccc[n+]1CC2.c1cc[n+]2c(c1)-c1cccc[n+]1CC2.c1cc[n+]2c(c1)-c1cccc[n+]1CC2. The Bertz CT molecular complexity index is 2110. The summed E-state index contributed by atoms with van der Waals surface area (Å²) in [7, 11) is 0. The lowest BCUT2D eigenvalue weighted by Crippen LogP contribution is -2.52. The van der Waals surface area contributed by atoms with Crippen LogP contribution in [0.15, 0.2) is 208 Å². The van der Waals surface area contributed by atoms with Crippen molar-refractivity contribution < 1.29 is 36.5 Å². The molecule has 3 aliphatic rings. The van der Waals surface area contributed by atoms with Gasteiger partial charge in [-0.2, -0.15) is 36.5 Å². The summed E-state index contributed by atoms with van der Waals surface area (Å²) in [6, 6.07) is 50.4. The second kappa shape index (κ2) is 18.0. The zero-order valence-corrected chi connectivity index (χ0v) is 31.9. The monoisotopic (exact) mass is 738 g/mol. The summed E-state index contributed by atoms with van der Waals surface area (Å²) >= 11 is 0. The standard InChI is InChI=1S/3C12H12N2.C12H14N2/c3*1-3-7-13-9-10-14-8-4-2-6-12(14)11(13)5-1;1-3-7-13(8-4-1)11-12-14-9-5-2-6-10-14/h3*1-8H,9-10H2;1-10H,11-12H2/q4*+2. The van der Waals surface area contributed by atoms with Gasteiger partial charge in [0, 0.05) is 97.1 Å². The Labute approximate surface area is 329 Å². The van der Waals surface area contributed by atoms with Crippen LogP contribution < -0.4 is 36.5 Å². The molecule has 0 radical (unpaired) electrons. The van der Waals surface area contributed by atoms with E-state index in [-0.39, 0.29) is 0 Å². The van der Waals surface area contributed by atoms with Gasteiger partial charge in [0.05, 0.1) is 0 Å². The number of nitrogens with zero attached hydrogens (tertiary/aromatic N) is 8. The molecule has 11 rings (SSSR count). The second-order valence-corrected chi connectivity index (χ2v) is 13.9. The third-order valence-corrected chi connectivity index (χ3v) is 10.3. The third-order valence-electron chi connectivity index (χ3n) is 10.3. The average Bonchev–Trinajstić information content (AvgIpc) is 3.29. The van der Waals surface area contributed by atoms with Crippen molar-refractivity contribution >= 4 is 0 Å². The van der Waals surface area contributed by atoms with E-state index in [1.54, 1.807) is 0 Å². The van der Waals surface area contributed by atoms with Gasteiger partial charge in [-0.15, -0.1) is 0 Å². The Morgan fingerprint density at radius 2 is 0.429 bits per heavy atom. The summed E-state index contributed by atoms with van der Waals surface area (Å²) in [6.45, 7) is 8.42. The smallest absolute Gasteiger partial charge is 0.198 e. The van der Waals surface area contributed by atoms with Gasteiger partial charge < -0.3 is 0 Å². The Balaban J connectivity index is 0.000000105. The fraction of sp³-hybridized carbons (Fsp3) is 0.167. The number of aryl methyl sites for hydroxylation is 8. The zero-order valence-electron chi connectivity index (χ0n) is 31.9. The van der Waals surface area contributed by atoms with E-state index in [4.69, 9.17) is 0 Å². The predicted molar refractivity (Wildman–Crippen MR) is 210 cm³/mol. The summed E-state index contributed by atoms with van der Waals surface area (Å²) < 4.78 is 18.2. The van der Waals surface area contributed by atoms with Crippen molar-refractivity contribution in [2.45, 2.75) is 52.4 Å². The molecule has 11 heterocycles. The Kier molecular flexibility index (Phi) is 11.6.